The zero-order valence-electron chi connectivity index (χ0n) is 19.3. The van der Waals surface area contributed by atoms with Crippen molar-refractivity contribution >= 4 is 19.5 Å². The number of nitrogens with zero attached hydrogens (tertiary/aromatic N) is 2. The number of nitrogens with one attached hydrogen (secondary N) is 1. The number of nitrogens with two attached hydrogens (primary N) is 1. The van der Waals surface area contributed by atoms with Gasteiger partial charge in [-0.05, 0) is 39.0 Å². The fraction of sp³-hybridized carbons (Fsp3) is 0.476. The summed E-state index contributed by atoms with van der Waals surface area (Å²) in [5, 5.41) is 12.8. The normalized spacial score (nSPS) is 24.6. The number of aliphatic hydroxyl groups excluding tert-OH is 1. The van der Waals surface area contributed by atoms with Gasteiger partial charge >= 0.3 is 19.4 Å². The minimum Gasteiger partial charge on any atom is -0.462 e. The number of hydrogen-bond donors (Lipinski definition) is 3. The van der Waals surface area contributed by atoms with Crippen LogP contribution < -0.4 is 21.0 Å². The first-order valence-corrected chi connectivity index (χ1v) is 12.3. The molecule has 14 heteroatoms. The number of carbonyl (C=O) groups is 1. The fourth-order valence-electron chi connectivity index (χ4n) is 3.19. The Kier molecular flexibility index (Phi) is 8.62. The second-order valence-corrected chi connectivity index (χ2v) is 9.77. The van der Waals surface area contributed by atoms with Crippen LogP contribution in [0.5, 0.6) is 5.75 Å². The molecule has 3 rings (SSSR count). The Balaban J connectivity index is 1.75. The first-order chi connectivity index (χ1) is 16.5. The molecule has 0 radical (unpaired) electrons. The van der Waals surface area contributed by atoms with Gasteiger partial charge in [0, 0.05) is 6.20 Å². The number of ether oxygens (including phenoxy) is 2. The first-order valence-electron chi connectivity index (χ1n) is 10.8. The number of aliphatic hydroxyl groups is 1. The summed E-state index contributed by atoms with van der Waals surface area (Å²) >= 11 is 0. The summed E-state index contributed by atoms with van der Waals surface area (Å²) in [6.45, 7) is 4.12. The van der Waals surface area contributed by atoms with Crippen LogP contribution in [0.15, 0.2) is 47.4 Å². The maximum atomic E-state index is 14.8. The zero-order valence-corrected chi connectivity index (χ0v) is 20.2. The van der Waals surface area contributed by atoms with Crippen molar-refractivity contribution in [2.75, 3.05) is 12.3 Å². The van der Waals surface area contributed by atoms with Crippen LogP contribution in [-0.4, -0.2) is 57.8 Å². The molecular weight excluding hydrogens is 486 g/mol. The van der Waals surface area contributed by atoms with Gasteiger partial charge in [-0.3, -0.25) is 13.9 Å². The Morgan fingerprint density at radius 2 is 2.00 bits per heavy atom. The monoisotopic (exact) mass is 514 g/mol. The van der Waals surface area contributed by atoms with E-state index in [4.69, 9.17) is 24.3 Å². The molecule has 192 valence electrons. The third-order valence-corrected chi connectivity index (χ3v) is 6.50. The van der Waals surface area contributed by atoms with Crippen LogP contribution in [-0.2, 0) is 23.4 Å². The molecule has 1 aromatic carbocycles. The zero-order chi connectivity index (χ0) is 25.8. The maximum Gasteiger partial charge on any atom is 0.459 e. The SMILES string of the molecule is CC(C)OC(=O)C(C)NP(=O)(OCC1OC(n2ccc(N)nc2=O)C(F)C1O)Oc1ccccc1. The number of halogens is 1. The van der Waals surface area contributed by atoms with E-state index in [1.807, 2.05) is 0 Å². The number of nitrogen functional groups attached to an aromatic ring is 1. The van der Waals surface area contributed by atoms with Gasteiger partial charge in [0.15, 0.2) is 12.4 Å². The summed E-state index contributed by atoms with van der Waals surface area (Å²) in [5.41, 5.74) is 4.58. The van der Waals surface area contributed by atoms with Gasteiger partial charge in [0.1, 0.15) is 29.8 Å². The number of alkyl halides is 1. The van der Waals surface area contributed by atoms with E-state index in [1.165, 1.54) is 31.3 Å². The lowest BCUT2D eigenvalue weighted by molar-refractivity contribution is -0.149. The van der Waals surface area contributed by atoms with Gasteiger partial charge in [-0.25, -0.2) is 13.8 Å². The van der Waals surface area contributed by atoms with Crippen molar-refractivity contribution in [2.45, 2.75) is 57.5 Å². The highest BCUT2D eigenvalue weighted by Crippen LogP contribution is 2.46. The van der Waals surface area contributed by atoms with Crippen molar-refractivity contribution in [3.63, 3.8) is 0 Å². The van der Waals surface area contributed by atoms with Crippen LogP contribution >= 0.6 is 7.75 Å². The lowest BCUT2D eigenvalue weighted by atomic mass is 10.1. The average molecular weight is 514 g/mol. The Morgan fingerprint density at radius 3 is 2.63 bits per heavy atom. The van der Waals surface area contributed by atoms with E-state index in [0.29, 0.717) is 0 Å². The molecule has 0 aliphatic carbocycles. The maximum absolute atomic E-state index is 14.8. The van der Waals surface area contributed by atoms with Crippen LogP contribution in [0.4, 0.5) is 10.2 Å². The number of rotatable bonds is 10. The number of anilines is 1. The molecule has 0 bridgehead atoms. The second kappa shape index (κ2) is 11.3. The summed E-state index contributed by atoms with van der Waals surface area (Å²) in [4.78, 5) is 27.8. The lowest BCUT2D eigenvalue weighted by Crippen LogP contribution is -2.37. The van der Waals surface area contributed by atoms with E-state index in [1.54, 1.807) is 32.0 Å². The van der Waals surface area contributed by atoms with Crippen molar-refractivity contribution in [1.82, 2.24) is 14.6 Å². The first kappa shape index (κ1) is 26.8. The minimum absolute atomic E-state index is 0.0599. The molecule has 0 saturated carbocycles. The summed E-state index contributed by atoms with van der Waals surface area (Å²) in [6, 6.07) is 8.20. The molecule has 0 spiro atoms. The Bertz CT molecular complexity index is 1120. The van der Waals surface area contributed by atoms with Crippen LogP contribution in [0.3, 0.4) is 0 Å². The number of para-hydroxylation sites is 1. The van der Waals surface area contributed by atoms with Crippen molar-refractivity contribution in [2.24, 2.45) is 0 Å². The van der Waals surface area contributed by atoms with Crippen LogP contribution in [0.25, 0.3) is 0 Å². The molecule has 4 N–H and O–H groups in total. The van der Waals surface area contributed by atoms with Gasteiger partial charge in [-0.2, -0.15) is 10.1 Å². The highest BCUT2D eigenvalue weighted by atomic mass is 31.2. The largest absolute Gasteiger partial charge is 0.462 e. The summed E-state index contributed by atoms with van der Waals surface area (Å²) in [5.74, 6) is -0.589. The van der Waals surface area contributed by atoms with Gasteiger partial charge in [-0.15, -0.1) is 0 Å². The van der Waals surface area contributed by atoms with E-state index in [2.05, 4.69) is 10.1 Å². The van der Waals surface area contributed by atoms with Gasteiger partial charge in [-0.1, -0.05) is 18.2 Å². The van der Waals surface area contributed by atoms with E-state index >= 15 is 0 Å². The number of aromatic nitrogens is 2. The quantitative estimate of drug-likeness (QED) is 0.311. The van der Waals surface area contributed by atoms with Crippen LogP contribution in [0.2, 0.25) is 0 Å². The van der Waals surface area contributed by atoms with Crippen molar-refractivity contribution in [1.29, 1.82) is 0 Å². The standard InChI is InChI=1S/C21H28FN4O8P/c1-12(2)32-20(28)13(3)25-35(30,34-14-7-5-4-6-8-14)31-11-15-18(27)17(22)19(33-15)26-10-9-16(23)24-21(26)29/h4-10,12-13,15,17-19,27H,11H2,1-3H3,(H,25,30)(H2,23,24,29). The molecule has 0 amide bonds. The molecule has 1 fully saturated rings. The molecule has 1 aromatic heterocycles. The predicted molar refractivity (Wildman–Crippen MR) is 122 cm³/mol. The third kappa shape index (κ3) is 6.86. The van der Waals surface area contributed by atoms with E-state index in [0.717, 1.165) is 4.57 Å². The van der Waals surface area contributed by atoms with E-state index in [-0.39, 0.29) is 11.6 Å². The predicted octanol–water partition coefficient (Wildman–Crippen LogP) is 1.56. The Hall–Kier alpha value is -2.83. The van der Waals surface area contributed by atoms with E-state index in [9.17, 15) is 23.7 Å². The summed E-state index contributed by atoms with van der Waals surface area (Å²) < 4.78 is 50.6. The molecule has 12 nitrogen and oxygen atoms in total. The number of carbonyl (C=O) groups excluding carboxylic acids is 1. The Morgan fingerprint density at radius 1 is 1.31 bits per heavy atom. The molecule has 1 aliphatic heterocycles. The molecule has 1 aliphatic rings. The molecule has 2 heterocycles. The van der Waals surface area contributed by atoms with Gasteiger partial charge in [0.05, 0.1) is 12.7 Å². The van der Waals surface area contributed by atoms with Crippen molar-refractivity contribution in [3.8, 4) is 5.75 Å². The van der Waals surface area contributed by atoms with Gasteiger partial charge in [0.25, 0.3) is 0 Å². The van der Waals surface area contributed by atoms with Gasteiger partial charge < -0.3 is 24.8 Å². The summed E-state index contributed by atoms with van der Waals surface area (Å²) in [6.07, 6.45) is -5.81. The third-order valence-electron chi connectivity index (χ3n) is 4.85. The molecular formula is C21H28FN4O8P. The molecule has 1 saturated heterocycles. The minimum atomic E-state index is -4.26. The Labute approximate surface area is 200 Å². The average Bonchev–Trinajstić information content (AvgIpc) is 3.06. The summed E-state index contributed by atoms with van der Waals surface area (Å²) in [7, 11) is -4.26. The van der Waals surface area contributed by atoms with E-state index < -0.39 is 62.8 Å². The molecule has 6 atom stereocenters. The molecule has 35 heavy (non-hydrogen) atoms. The van der Waals surface area contributed by atoms with Crippen LogP contribution in [0, 0.1) is 0 Å². The highest BCUT2D eigenvalue weighted by Gasteiger charge is 2.47. The van der Waals surface area contributed by atoms with Gasteiger partial charge in [0.2, 0.25) is 0 Å². The number of benzene rings is 1. The lowest BCUT2D eigenvalue weighted by Gasteiger charge is -2.25. The topological polar surface area (TPSA) is 164 Å². The fourth-order valence-corrected chi connectivity index (χ4v) is 4.69. The smallest absolute Gasteiger partial charge is 0.459 e. The highest BCUT2D eigenvalue weighted by molar-refractivity contribution is 7.52. The van der Waals surface area contributed by atoms with Crippen LogP contribution in [0.1, 0.15) is 27.0 Å². The van der Waals surface area contributed by atoms with Crippen molar-refractivity contribution in [3.05, 3.63) is 53.1 Å². The number of hydrogen-bond acceptors (Lipinski definition) is 10. The van der Waals surface area contributed by atoms with Crippen molar-refractivity contribution < 1.29 is 37.4 Å². The number of esters is 1. The molecule has 2 aromatic rings. The molecule has 6 unspecified atom stereocenters. The second-order valence-electron chi connectivity index (χ2n) is 8.08.